The van der Waals surface area contributed by atoms with Crippen LogP contribution in [0.2, 0.25) is 0 Å². The number of rotatable bonds is 2. The van der Waals surface area contributed by atoms with E-state index in [0.717, 1.165) is 55.8 Å². The molecule has 0 bridgehead atoms. The summed E-state index contributed by atoms with van der Waals surface area (Å²) in [4.78, 5) is 28.7. The van der Waals surface area contributed by atoms with Crippen molar-refractivity contribution in [3.05, 3.63) is 45.5 Å². The van der Waals surface area contributed by atoms with Gasteiger partial charge in [-0.1, -0.05) is 0 Å². The first-order valence-corrected chi connectivity index (χ1v) is 8.95. The van der Waals surface area contributed by atoms with E-state index in [0.29, 0.717) is 11.5 Å². The van der Waals surface area contributed by atoms with Gasteiger partial charge in [-0.05, 0) is 37.8 Å². The van der Waals surface area contributed by atoms with Crippen LogP contribution in [0.3, 0.4) is 0 Å². The number of fused-ring (bicyclic) bond motifs is 2. The topological polar surface area (TPSA) is 88.9 Å². The zero-order valence-electron chi connectivity index (χ0n) is 15.1. The Bertz CT molecular complexity index is 944. The van der Waals surface area contributed by atoms with E-state index in [1.807, 2.05) is 19.0 Å². The molecule has 7 nitrogen and oxygen atoms in total. The number of aromatic amines is 1. The molecular formula is C19H22N6O. The predicted octanol–water partition coefficient (Wildman–Crippen LogP) is 1.59. The third kappa shape index (κ3) is 2.53. The minimum Gasteiger partial charge on any atom is -0.355 e. The fraction of sp³-hybridized carbons (Fsp3) is 0.474. The number of nitriles is 1. The normalized spacial score (nSPS) is 21.5. The van der Waals surface area contributed by atoms with Gasteiger partial charge in [0.25, 0.3) is 5.56 Å². The first-order valence-electron chi connectivity index (χ1n) is 8.95. The summed E-state index contributed by atoms with van der Waals surface area (Å²) in [6, 6.07) is 5.84. The van der Waals surface area contributed by atoms with Crippen molar-refractivity contribution < 1.29 is 0 Å². The van der Waals surface area contributed by atoms with Gasteiger partial charge in [0, 0.05) is 44.4 Å². The molecule has 1 spiro atoms. The average molecular weight is 350 g/mol. The maximum absolute atomic E-state index is 12.5. The van der Waals surface area contributed by atoms with Gasteiger partial charge in [-0.2, -0.15) is 5.26 Å². The number of pyridine rings is 1. The molecule has 0 amide bonds. The number of H-pyrrole nitrogens is 1. The van der Waals surface area contributed by atoms with Gasteiger partial charge in [0.05, 0.1) is 11.3 Å². The van der Waals surface area contributed by atoms with Crippen molar-refractivity contribution in [3.63, 3.8) is 0 Å². The fourth-order valence-electron chi connectivity index (χ4n) is 4.30. The van der Waals surface area contributed by atoms with Gasteiger partial charge in [-0.25, -0.2) is 9.97 Å². The summed E-state index contributed by atoms with van der Waals surface area (Å²) in [6.45, 7) is 1.61. The second kappa shape index (κ2) is 6.13. The van der Waals surface area contributed by atoms with E-state index in [9.17, 15) is 10.1 Å². The molecule has 1 aliphatic heterocycles. The van der Waals surface area contributed by atoms with E-state index in [4.69, 9.17) is 4.98 Å². The highest BCUT2D eigenvalue weighted by Crippen LogP contribution is 2.44. The van der Waals surface area contributed by atoms with Crippen LogP contribution in [0.5, 0.6) is 0 Å². The molecule has 0 saturated carbocycles. The number of aromatic nitrogens is 3. The molecule has 7 heteroatoms. The predicted molar refractivity (Wildman–Crippen MR) is 99.6 cm³/mol. The van der Waals surface area contributed by atoms with Gasteiger partial charge in [0.1, 0.15) is 11.9 Å². The van der Waals surface area contributed by atoms with Crippen LogP contribution < -0.4 is 15.4 Å². The molecule has 1 atom stereocenters. The lowest BCUT2D eigenvalue weighted by molar-refractivity contribution is 0.333. The molecule has 1 N–H and O–H groups in total. The zero-order chi connectivity index (χ0) is 18.3. The highest BCUT2D eigenvalue weighted by Gasteiger charge is 2.45. The van der Waals surface area contributed by atoms with Gasteiger partial charge in [0.2, 0.25) is 5.95 Å². The second-order valence-corrected chi connectivity index (χ2v) is 7.40. The molecule has 26 heavy (non-hydrogen) atoms. The van der Waals surface area contributed by atoms with E-state index in [1.54, 1.807) is 18.3 Å². The Balaban J connectivity index is 1.76. The molecule has 2 aliphatic rings. The average Bonchev–Trinajstić information content (AvgIpc) is 3.00. The van der Waals surface area contributed by atoms with Crippen molar-refractivity contribution in [2.45, 2.75) is 31.1 Å². The first-order chi connectivity index (χ1) is 12.5. The van der Waals surface area contributed by atoms with Crippen molar-refractivity contribution in [1.82, 2.24) is 15.0 Å². The molecule has 1 fully saturated rings. The molecule has 1 unspecified atom stereocenters. The Hall–Kier alpha value is -2.88. The lowest BCUT2D eigenvalue weighted by Gasteiger charge is -2.41. The summed E-state index contributed by atoms with van der Waals surface area (Å²) in [6.07, 6.45) is 5.40. The monoisotopic (exact) mass is 350 g/mol. The van der Waals surface area contributed by atoms with E-state index >= 15 is 0 Å². The summed E-state index contributed by atoms with van der Waals surface area (Å²) >= 11 is 0. The first kappa shape index (κ1) is 16.6. The Morgan fingerprint density at radius 1 is 1.38 bits per heavy atom. The van der Waals surface area contributed by atoms with Gasteiger partial charge in [0.15, 0.2) is 0 Å². The maximum Gasteiger partial charge on any atom is 0.255 e. The number of hydrogen-bond donors (Lipinski definition) is 1. The molecule has 1 aliphatic carbocycles. The molecule has 1 saturated heterocycles. The van der Waals surface area contributed by atoms with Gasteiger partial charge < -0.3 is 9.80 Å². The molecule has 134 valence electrons. The van der Waals surface area contributed by atoms with Crippen LogP contribution >= 0.6 is 0 Å². The number of anilines is 2. The summed E-state index contributed by atoms with van der Waals surface area (Å²) in [5.41, 5.74) is 2.18. The summed E-state index contributed by atoms with van der Waals surface area (Å²) in [7, 11) is 3.76. The van der Waals surface area contributed by atoms with Gasteiger partial charge in [-0.3, -0.25) is 9.78 Å². The standard InChI is InChI=1S/C19H22N6O/c1-24(2)18-22-15-14(17(26)23-18)6-8-19(15)7-4-10-25(12-19)16-13(11-20)5-3-9-21-16/h3,5,9H,4,6-8,10,12H2,1-2H3,(H,22,23,26). The third-order valence-corrected chi connectivity index (χ3v) is 5.57. The quantitative estimate of drug-likeness (QED) is 0.885. The maximum atomic E-state index is 12.5. The van der Waals surface area contributed by atoms with Crippen molar-refractivity contribution in [3.8, 4) is 6.07 Å². The Labute approximate surface area is 152 Å². The molecule has 3 heterocycles. The van der Waals surface area contributed by atoms with E-state index in [1.165, 1.54) is 0 Å². The van der Waals surface area contributed by atoms with Crippen LogP contribution in [-0.2, 0) is 11.8 Å². The smallest absolute Gasteiger partial charge is 0.255 e. The highest BCUT2D eigenvalue weighted by atomic mass is 16.1. The summed E-state index contributed by atoms with van der Waals surface area (Å²) in [5.74, 6) is 1.34. The Kier molecular flexibility index (Phi) is 3.91. The lowest BCUT2D eigenvalue weighted by atomic mass is 9.77. The molecule has 4 rings (SSSR count). The fourth-order valence-corrected chi connectivity index (χ4v) is 4.30. The molecular weight excluding hydrogens is 328 g/mol. The van der Waals surface area contributed by atoms with Crippen LogP contribution in [0, 0.1) is 11.3 Å². The zero-order valence-corrected chi connectivity index (χ0v) is 15.1. The van der Waals surface area contributed by atoms with Crippen molar-refractivity contribution in [1.29, 1.82) is 5.26 Å². The van der Waals surface area contributed by atoms with Crippen molar-refractivity contribution >= 4 is 11.8 Å². The van der Waals surface area contributed by atoms with Crippen LogP contribution in [0.15, 0.2) is 23.1 Å². The summed E-state index contributed by atoms with van der Waals surface area (Å²) in [5, 5.41) is 9.42. The van der Waals surface area contributed by atoms with E-state index in [-0.39, 0.29) is 11.0 Å². The second-order valence-electron chi connectivity index (χ2n) is 7.40. The Morgan fingerprint density at radius 3 is 3.00 bits per heavy atom. The molecule has 2 aromatic rings. The number of nitrogens with zero attached hydrogens (tertiary/aromatic N) is 5. The molecule has 0 aromatic carbocycles. The number of nitrogens with one attached hydrogen (secondary N) is 1. The SMILES string of the molecule is CN(C)c1nc2c(c(=O)[nH]1)CCC21CCCN(c2ncccc2C#N)C1. The van der Waals surface area contributed by atoms with Crippen LogP contribution in [0.4, 0.5) is 11.8 Å². The highest BCUT2D eigenvalue weighted by molar-refractivity contribution is 5.55. The van der Waals surface area contributed by atoms with Gasteiger partial charge in [-0.15, -0.1) is 0 Å². The number of piperidine rings is 1. The largest absolute Gasteiger partial charge is 0.355 e. The van der Waals surface area contributed by atoms with Crippen molar-refractivity contribution in [2.24, 2.45) is 0 Å². The lowest BCUT2D eigenvalue weighted by Crippen LogP contribution is -2.46. The molecule has 2 aromatic heterocycles. The van der Waals surface area contributed by atoms with E-state index < -0.39 is 0 Å². The Morgan fingerprint density at radius 2 is 2.23 bits per heavy atom. The minimum absolute atomic E-state index is 0.0248. The van der Waals surface area contributed by atoms with Crippen LogP contribution in [0.25, 0.3) is 0 Å². The molecule has 0 radical (unpaired) electrons. The van der Waals surface area contributed by atoms with Gasteiger partial charge >= 0.3 is 0 Å². The van der Waals surface area contributed by atoms with Crippen LogP contribution in [0.1, 0.15) is 36.1 Å². The summed E-state index contributed by atoms with van der Waals surface area (Å²) < 4.78 is 0. The van der Waals surface area contributed by atoms with Crippen molar-refractivity contribution in [2.75, 3.05) is 37.0 Å². The minimum atomic E-state index is -0.142. The third-order valence-electron chi connectivity index (χ3n) is 5.57. The van der Waals surface area contributed by atoms with E-state index in [2.05, 4.69) is 20.9 Å². The number of hydrogen-bond acceptors (Lipinski definition) is 6. The van der Waals surface area contributed by atoms with Crippen LogP contribution in [-0.4, -0.2) is 42.1 Å².